The number of nitrogens with zero attached hydrogens (tertiary/aromatic N) is 1. The van der Waals surface area contributed by atoms with E-state index in [2.05, 4.69) is 0 Å². The minimum Gasteiger partial charge on any atom is -0.506 e. The Morgan fingerprint density at radius 2 is 2.09 bits per heavy atom. The van der Waals surface area contributed by atoms with Crippen molar-refractivity contribution in [3.8, 4) is 11.5 Å². The molecule has 2 N–H and O–H groups in total. The number of nitrogens with one attached hydrogen (secondary N) is 1. The first-order valence-corrected chi connectivity index (χ1v) is 7.60. The summed E-state index contributed by atoms with van der Waals surface area (Å²) >= 11 is 0. The number of fused-ring (bicyclic) bond motifs is 1. The van der Waals surface area contributed by atoms with Crippen LogP contribution in [-0.2, 0) is 15.0 Å². The van der Waals surface area contributed by atoms with Gasteiger partial charge in [-0.2, -0.15) is 8.42 Å². The maximum atomic E-state index is 14.7. The molecule has 0 radical (unpaired) electrons. The van der Waals surface area contributed by atoms with Crippen molar-refractivity contribution in [3.63, 3.8) is 0 Å². The number of hydrogen-bond donors (Lipinski definition) is 2. The summed E-state index contributed by atoms with van der Waals surface area (Å²) in [5.41, 5.74) is -0.570. The first kappa shape index (κ1) is 14.4. The molecule has 0 aromatic heterocycles. The molecule has 0 bridgehead atoms. The fraction of sp³-hybridized carbons (Fsp3) is 0.154. The lowest BCUT2D eigenvalue weighted by molar-refractivity contribution is -0.117. The number of halogens is 1. The van der Waals surface area contributed by atoms with Crippen LogP contribution in [0.15, 0.2) is 24.3 Å². The molecule has 0 atom stereocenters. The highest BCUT2D eigenvalue weighted by Crippen LogP contribution is 2.39. The van der Waals surface area contributed by atoms with Gasteiger partial charge >= 0.3 is 10.2 Å². The maximum absolute atomic E-state index is 14.7. The van der Waals surface area contributed by atoms with Gasteiger partial charge in [-0.3, -0.25) is 4.79 Å². The average Bonchev–Trinajstić information content (AvgIpc) is 2.71. The van der Waals surface area contributed by atoms with Crippen molar-refractivity contribution in [2.24, 2.45) is 0 Å². The smallest absolute Gasteiger partial charge is 0.326 e. The molecule has 0 unspecified atom stereocenters. The minimum absolute atomic E-state index is 0.0710. The standard InChI is InChI=1S/C13H11FN2O5S/c1-21-8-3-2-7-4-10(17)13(12(14)9(7)5-8)16-6-11(18)15-22(16,19)20/h2-5,17H,6H2,1H3,(H,15,18). The van der Waals surface area contributed by atoms with E-state index in [0.29, 0.717) is 15.4 Å². The molecule has 2 aromatic rings. The third-order valence-electron chi connectivity index (χ3n) is 3.31. The van der Waals surface area contributed by atoms with Crippen molar-refractivity contribution in [2.75, 3.05) is 18.0 Å². The minimum atomic E-state index is -4.22. The quantitative estimate of drug-likeness (QED) is 0.854. The predicted molar refractivity (Wildman–Crippen MR) is 76.5 cm³/mol. The fourth-order valence-corrected chi connectivity index (χ4v) is 3.48. The van der Waals surface area contributed by atoms with Gasteiger partial charge in [0.25, 0.3) is 5.91 Å². The van der Waals surface area contributed by atoms with E-state index < -0.39 is 39.9 Å². The summed E-state index contributed by atoms with van der Waals surface area (Å²) in [7, 11) is -2.81. The maximum Gasteiger partial charge on any atom is 0.326 e. The van der Waals surface area contributed by atoms with E-state index >= 15 is 0 Å². The van der Waals surface area contributed by atoms with Gasteiger partial charge in [-0.15, -0.1) is 0 Å². The summed E-state index contributed by atoms with van der Waals surface area (Å²) in [6.07, 6.45) is 0. The number of methoxy groups -OCH3 is 1. The van der Waals surface area contributed by atoms with Crippen LogP contribution in [0.1, 0.15) is 0 Å². The van der Waals surface area contributed by atoms with Gasteiger partial charge < -0.3 is 9.84 Å². The second-order valence-electron chi connectivity index (χ2n) is 4.68. The summed E-state index contributed by atoms with van der Waals surface area (Å²) in [6, 6.07) is 5.72. The Labute approximate surface area is 125 Å². The third kappa shape index (κ3) is 2.10. The Morgan fingerprint density at radius 1 is 1.36 bits per heavy atom. The van der Waals surface area contributed by atoms with Crippen LogP contribution in [-0.4, -0.2) is 33.1 Å². The molecule has 116 valence electrons. The first-order valence-electron chi connectivity index (χ1n) is 6.16. The van der Waals surface area contributed by atoms with Crippen LogP contribution in [0.2, 0.25) is 0 Å². The van der Waals surface area contributed by atoms with Crippen LogP contribution in [0.3, 0.4) is 0 Å². The van der Waals surface area contributed by atoms with E-state index in [-0.39, 0.29) is 5.39 Å². The van der Waals surface area contributed by atoms with Crippen LogP contribution >= 0.6 is 0 Å². The fourth-order valence-electron chi connectivity index (χ4n) is 2.32. The van der Waals surface area contributed by atoms with E-state index in [0.717, 1.165) is 0 Å². The van der Waals surface area contributed by atoms with Crippen molar-refractivity contribution >= 4 is 32.6 Å². The lowest BCUT2D eigenvalue weighted by Gasteiger charge is -2.18. The van der Waals surface area contributed by atoms with Crippen LogP contribution in [0.5, 0.6) is 11.5 Å². The molecule has 9 heteroatoms. The number of amides is 1. The van der Waals surface area contributed by atoms with Gasteiger partial charge in [0.05, 0.1) is 7.11 Å². The average molecular weight is 326 g/mol. The number of hydrogen-bond acceptors (Lipinski definition) is 5. The molecule has 0 spiro atoms. The van der Waals surface area contributed by atoms with Gasteiger partial charge in [0.1, 0.15) is 23.7 Å². The van der Waals surface area contributed by atoms with E-state index in [1.54, 1.807) is 10.8 Å². The summed E-state index contributed by atoms with van der Waals surface area (Å²) in [5.74, 6) is -1.95. The van der Waals surface area contributed by atoms with Crippen molar-refractivity contribution in [1.82, 2.24) is 4.72 Å². The Kier molecular flexibility index (Phi) is 3.10. The van der Waals surface area contributed by atoms with Crippen LogP contribution < -0.4 is 13.8 Å². The molecular formula is C13H11FN2O5S. The second kappa shape index (κ2) is 4.73. The Bertz CT molecular complexity index is 897. The lowest BCUT2D eigenvalue weighted by Crippen LogP contribution is -2.30. The van der Waals surface area contributed by atoms with Crippen molar-refractivity contribution in [2.45, 2.75) is 0 Å². The number of carbonyl (C=O) groups excluding carboxylic acids is 1. The molecule has 3 rings (SSSR count). The summed E-state index contributed by atoms with van der Waals surface area (Å²) in [6.45, 7) is -0.595. The SMILES string of the molecule is COc1ccc2cc(O)c(N3CC(=O)NS3(=O)=O)c(F)c2c1. The Balaban J connectivity index is 2.28. The lowest BCUT2D eigenvalue weighted by atomic mass is 10.1. The Morgan fingerprint density at radius 3 is 2.68 bits per heavy atom. The number of rotatable bonds is 2. The van der Waals surface area contributed by atoms with Crippen LogP contribution in [0.25, 0.3) is 10.8 Å². The summed E-state index contributed by atoms with van der Waals surface area (Å²) in [4.78, 5) is 11.3. The zero-order valence-corrected chi connectivity index (χ0v) is 12.1. The van der Waals surface area contributed by atoms with Crippen molar-refractivity contribution in [1.29, 1.82) is 0 Å². The largest absolute Gasteiger partial charge is 0.506 e. The highest BCUT2D eigenvalue weighted by Gasteiger charge is 2.37. The zero-order chi connectivity index (χ0) is 16.1. The van der Waals surface area contributed by atoms with E-state index in [1.165, 1.54) is 25.3 Å². The molecule has 22 heavy (non-hydrogen) atoms. The van der Waals surface area contributed by atoms with Gasteiger partial charge in [0, 0.05) is 5.39 Å². The van der Waals surface area contributed by atoms with Gasteiger partial charge in [-0.25, -0.2) is 13.4 Å². The number of benzene rings is 2. The van der Waals surface area contributed by atoms with Crippen molar-refractivity contribution in [3.05, 3.63) is 30.1 Å². The number of aromatic hydroxyl groups is 1. The molecule has 0 aliphatic carbocycles. The number of anilines is 1. The van der Waals surface area contributed by atoms with E-state index in [4.69, 9.17) is 4.74 Å². The monoisotopic (exact) mass is 326 g/mol. The molecule has 0 saturated carbocycles. The molecule has 1 heterocycles. The number of ether oxygens (including phenoxy) is 1. The highest BCUT2D eigenvalue weighted by atomic mass is 32.2. The molecular weight excluding hydrogens is 315 g/mol. The molecule has 7 nitrogen and oxygen atoms in total. The molecule has 1 saturated heterocycles. The van der Waals surface area contributed by atoms with Crippen LogP contribution in [0.4, 0.5) is 10.1 Å². The van der Waals surface area contributed by atoms with E-state index in [9.17, 15) is 22.7 Å². The first-order chi connectivity index (χ1) is 10.3. The topological polar surface area (TPSA) is 95.9 Å². The highest BCUT2D eigenvalue weighted by molar-refractivity contribution is 7.92. The Hall–Kier alpha value is -2.55. The van der Waals surface area contributed by atoms with Crippen molar-refractivity contribution < 1.29 is 27.4 Å². The second-order valence-corrected chi connectivity index (χ2v) is 6.28. The summed E-state index contributed by atoms with van der Waals surface area (Å²) < 4.78 is 45.6. The van der Waals surface area contributed by atoms with Gasteiger partial charge in [0.2, 0.25) is 0 Å². The number of phenolic OH excluding ortho intramolecular Hbond substituents is 1. The normalized spacial score (nSPS) is 16.8. The summed E-state index contributed by atoms with van der Waals surface area (Å²) in [5, 5.41) is 10.4. The molecule has 2 aromatic carbocycles. The number of phenols is 1. The number of carbonyl (C=O) groups is 1. The molecule has 1 aliphatic heterocycles. The van der Waals surface area contributed by atoms with Gasteiger partial charge in [0.15, 0.2) is 5.82 Å². The molecule has 1 fully saturated rings. The molecule has 1 amide bonds. The zero-order valence-electron chi connectivity index (χ0n) is 11.3. The van der Waals surface area contributed by atoms with E-state index in [1.807, 2.05) is 0 Å². The third-order valence-corrected chi connectivity index (χ3v) is 4.69. The predicted octanol–water partition coefficient (Wildman–Crippen LogP) is 0.874. The van der Waals surface area contributed by atoms with Crippen LogP contribution in [0, 0.1) is 5.82 Å². The molecule has 1 aliphatic rings. The van der Waals surface area contributed by atoms with Gasteiger partial charge in [-0.1, -0.05) is 6.07 Å². The van der Waals surface area contributed by atoms with Gasteiger partial charge in [-0.05, 0) is 23.6 Å².